The zero-order valence-corrected chi connectivity index (χ0v) is 21.3. The minimum atomic E-state index is -0.319. The molecule has 37 heavy (non-hydrogen) atoms. The number of nitrogens with one attached hydrogen (secondary N) is 1. The van der Waals surface area contributed by atoms with Crippen LogP contribution in [0.15, 0.2) is 61.1 Å². The Bertz CT molecular complexity index is 1490. The fourth-order valence-electron chi connectivity index (χ4n) is 4.35. The van der Waals surface area contributed by atoms with Gasteiger partial charge in [-0.25, -0.2) is 4.98 Å². The van der Waals surface area contributed by atoms with Gasteiger partial charge in [0.1, 0.15) is 5.82 Å². The van der Waals surface area contributed by atoms with E-state index in [4.69, 9.17) is 5.73 Å². The van der Waals surface area contributed by atoms with E-state index in [1.807, 2.05) is 37.5 Å². The summed E-state index contributed by atoms with van der Waals surface area (Å²) in [6.45, 7) is 2.51. The molecule has 1 aromatic carbocycles. The lowest BCUT2D eigenvalue weighted by Gasteiger charge is -2.18. The minimum Gasteiger partial charge on any atom is -0.383 e. The number of likely N-dealkylation sites (tertiary alicyclic amines) is 1. The molecule has 1 aliphatic rings. The van der Waals surface area contributed by atoms with Crippen molar-refractivity contribution in [3.05, 3.63) is 77.1 Å². The van der Waals surface area contributed by atoms with Crippen molar-refractivity contribution in [1.82, 2.24) is 25.0 Å². The number of Topliss-reactive ketones (excluding diaryl/α,β-unsaturated/α-hetero) is 1. The Morgan fingerprint density at radius 2 is 1.84 bits per heavy atom. The summed E-state index contributed by atoms with van der Waals surface area (Å²) in [5.41, 5.74) is 9.42. The Labute approximate surface area is 217 Å². The monoisotopic (exact) mass is 514 g/mol. The second-order valence-corrected chi connectivity index (χ2v) is 10.2. The molecule has 0 aliphatic carbocycles. The summed E-state index contributed by atoms with van der Waals surface area (Å²) in [6.07, 6.45) is 5.80. The van der Waals surface area contributed by atoms with Gasteiger partial charge in [-0.1, -0.05) is 12.1 Å². The molecule has 9 nitrogen and oxygen atoms in total. The van der Waals surface area contributed by atoms with Gasteiger partial charge in [0.25, 0.3) is 11.8 Å². The van der Waals surface area contributed by atoms with Crippen LogP contribution in [-0.2, 0) is 7.05 Å². The van der Waals surface area contributed by atoms with Crippen LogP contribution in [0.1, 0.15) is 43.7 Å². The zero-order valence-electron chi connectivity index (χ0n) is 20.5. The van der Waals surface area contributed by atoms with Crippen LogP contribution in [0.5, 0.6) is 0 Å². The predicted molar refractivity (Wildman–Crippen MR) is 142 cm³/mol. The van der Waals surface area contributed by atoms with Gasteiger partial charge in [-0.05, 0) is 49.2 Å². The maximum Gasteiger partial charge on any atom is 0.255 e. The van der Waals surface area contributed by atoms with Crippen LogP contribution >= 0.6 is 11.3 Å². The summed E-state index contributed by atoms with van der Waals surface area (Å²) in [6, 6.07) is 12.6. The molecule has 2 amide bonds. The molecular weight excluding hydrogens is 488 g/mol. The van der Waals surface area contributed by atoms with E-state index in [2.05, 4.69) is 15.4 Å². The Morgan fingerprint density at radius 1 is 1.05 bits per heavy atom. The molecule has 5 rings (SSSR count). The number of nitrogens with two attached hydrogens (primary N) is 1. The van der Waals surface area contributed by atoms with Crippen molar-refractivity contribution in [2.75, 3.05) is 18.8 Å². The molecule has 4 heterocycles. The summed E-state index contributed by atoms with van der Waals surface area (Å²) in [4.78, 5) is 45.3. The fourth-order valence-corrected chi connectivity index (χ4v) is 5.26. The summed E-state index contributed by atoms with van der Waals surface area (Å²) >= 11 is 1.44. The Balaban J connectivity index is 1.22. The lowest BCUT2D eigenvalue weighted by molar-refractivity contribution is 0.0783. The van der Waals surface area contributed by atoms with Crippen LogP contribution in [0.3, 0.4) is 0 Å². The standard InChI is InChI=1S/C27H26N6O3S/c1-16(34)23-7-8-24(37-23)17-3-5-18(6-4-17)27(36)33-10-9-21(15-33)31-26(35)22-11-19(12-29-25(22)28)20-13-30-32(2)14-20/h3-8,11-14,21H,9-10,15H2,1-2H3,(H2,28,29)(H,31,35). The minimum absolute atomic E-state index is 0.0406. The third-order valence-corrected chi connectivity index (χ3v) is 7.62. The average molecular weight is 515 g/mol. The van der Waals surface area contributed by atoms with Crippen molar-refractivity contribution in [2.24, 2.45) is 7.05 Å². The van der Waals surface area contributed by atoms with Crippen molar-refractivity contribution in [2.45, 2.75) is 19.4 Å². The molecule has 0 spiro atoms. The normalized spacial score (nSPS) is 15.1. The average Bonchev–Trinajstić information content (AvgIpc) is 3.65. The highest BCUT2D eigenvalue weighted by Gasteiger charge is 2.29. The van der Waals surface area contributed by atoms with Crippen molar-refractivity contribution in [3.8, 4) is 21.6 Å². The molecule has 10 heteroatoms. The van der Waals surface area contributed by atoms with Gasteiger partial charge in [-0.3, -0.25) is 19.1 Å². The van der Waals surface area contributed by atoms with Crippen LogP contribution in [0, 0.1) is 0 Å². The first kappa shape index (κ1) is 24.4. The molecule has 1 aliphatic heterocycles. The van der Waals surface area contributed by atoms with Crippen molar-refractivity contribution >= 4 is 34.8 Å². The van der Waals surface area contributed by atoms with Gasteiger partial charge < -0.3 is 16.0 Å². The number of amides is 2. The number of aryl methyl sites for hydroxylation is 1. The summed E-state index contributed by atoms with van der Waals surface area (Å²) in [7, 11) is 1.82. The fraction of sp³-hybridized carbons (Fsp3) is 0.222. The number of ketones is 1. The smallest absolute Gasteiger partial charge is 0.255 e. The molecule has 188 valence electrons. The molecule has 0 radical (unpaired) electrons. The molecular formula is C27H26N6O3S. The SMILES string of the molecule is CC(=O)c1ccc(-c2ccc(C(=O)N3CCC(NC(=O)c4cc(-c5cnn(C)c5)cnc4N)C3)cc2)s1. The molecule has 1 unspecified atom stereocenters. The topological polar surface area (TPSA) is 123 Å². The van der Waals surface area contributed by atoms with E-state index in [1.165, 1.54) is 11.3 Å². The highest BCUT2D eigenvalue weighted by Crippen LogP contribution is 2.29. The molecule has 1 saturated heterocycles. The van der Waals surface area contributed by atoms with Crippen LogP contribution in [0.4, 0.5) is 5.82 Å². The number of benzene rings is 1. The number of hydrogen-bond donors (Lipinski definition) is 2. The van der Waals surface area contributed by atoms with E-state index >= 15 is 0 Å². The van der Waals surface area contributed by atoms with Gasteiger partial charge in [-0.2, -0.15) is 5.10 Å². The molecule has 3 aromatic heterocycles. The first-order valence-corrected chi connectivity index (χ1v) is 12.7. The maximum absolute atomic E-state index is 13.1. The Morgan fingerprint density at radius 3 is 2.51 bits per heavy atom. The van der Waals surface area contributed by atoms with Crippen molar-refractivity contribution in [3.63, 3.8) is 0 Å². The second kappa shape index (κ2) is 9.98. The van der Waals surface area contributed by atoms with Crippen LogP contribution in [0.2, 0.25) is 0 Å². The van der Waals surface area contributed by atoms with Gasteiger partial charge in [0.15, 0.2) is 5.78 Å². The number of hydrogen-bond acceptors (Lipinski definition) is 7. The van der Waals surface area contributed by atoms with Crippen molar-refractivity contribution in [1.29, 1.82) is 0 Å². The number of nitrogens with zero attached hydrogens (tertiary/aromatic N) is 4. The number of nitrogen functional groups attached to an aromatic ring is 1. The number of thiophene rings is 1. The van der Waals surface area contributed by atoms with Gasteiger partial charge in [0, 0.05) is 60.1 Å². The second-order valence-electron chi connectivity index (χ2n) is 9.07. The lowest BCUT2D eigenvalue weighted by atomic mass is 10.1. The number of rotatable bonds is 6. The number of anilines is 1. The molecule has 4 aromatic rings. The van der Waals surface area contributed by atoms with E-state index in [1.54, 1.807) is 47.1 Å². The highest BCUT2D eigenvalue weighted by atomic mass is 32.1. The third-order valence-electron chi connectivity index (χ3n) is 6.38. The molecule has 0 bridgehead atoms. The predicted octanol–water partition coefficient (Wildman–Crippen LogP) is 3.64. The van der Waals surface area contributed by atoms with Crippen LogP contribution in [-0.4, -0.2) is 56.4 Å². The lowest BCUT2D eigenvalue weighted by Crippen LogP contribution is -2.38. The number of carbonyl (C=O) groups is 3. The first-order valence-electron chi connectivity index (χ1n) is 11.8. The van der Waals surface area contributed by atoms with Crippen LogP contribution in [0.25, 0.3) is 21.6 Å². The van der Waals surface area contributed by atoms with E-state index in [9.17, 15) is 14.4 Å². The quantitative estimate of drug-likeness (QED) is 0.379. The third kappa shape index (κ3) is 5.14. The number of aromatic nitrogens is 3. The number of pyridine rings is 1. The first-order chi connectivity index (χ1) is 17.8. The molecule has 0 saturated carbocycles. The molecule has 1 atom stereocenters. The van der Waals surface area contributed by atoms with E-state index in [0.29, 0.717) is 35.5 Å². The molecule has 1 fully saturated rings. The summed E-state index contributed by atoms with van der Waals surface area (Å²) in [5.74, 6) is -0.213. The molecule has 3 N–H and O–H groups in total. The largest absolute Gasteiger partial charge is 0.383 e. The Hall–Kier alpha value is -4.31. The zero-order chi connectivity index (χ0) is 26.1. The van der Waals surface area contributed by atoms with E-state index < -0.39 is 0 Å². The maximum atomic E-state index is 13.1. The summed E-state index contributed by atoms with van der Waals surface area (Å²) in [5, 5.41) is 7.16. The van der Waals surface area contributed by atoms with E-state index in [-0.39, 0.29) is 29.5 Å². The Kier molecular flexibility index (Phi) is 6.58. The van der Waals surface area contributed by atoms with Gasteiger partial charge in [0.2, 0.25) is 0 Å². The summed E-state index contributed by atoms with van der Waals surface area (Å²) < 4.78 is 1.68. The van der Waals surface area contributed by atoms with E-state index in [0.717, 1.165) is 21.6 Å². The van der Waals surface area contributed by atoms with Gasteiger partial charge >= 0.3 is 0 Å². The van der Waals surface area contributed by atoms with Gasteiger partial charge in [0.05, 0.1) is 16.6 Å². The van der Waals surface area contributed by atoms with Crippen molar-refractivity contribution < 1.29 is 14.4 Å². The van der Waals surface area contributed by atoms with Crippen LogP contribution < -0.4 is 11.1 Å². The number of carbonyl (C=O) groups excluding carboxylic acids is 3. The highest BCUT2D eigenvalue weighted by molar-refractivity contribution is 7.17. The van der Waals surface area contributed by atoms with Gasteiger partial charge in [-0.15, -0.1) is 11.3 Å².